The number of fused-ring (bicyclic) bond motifs is 1. The van der Waals surface area contributed by atoms with Gasteiger partial charge in [0.25, 0.3) is 0 Å². The second-order valence-electron chi connectivity index (χ2n) is 4.97. The molecule has 1 amide bonds. The first kappa shape index (κ1) is 14.5. The number of nitrogens with one attached hydrogen (secondary N) is 1. The van der Waals surface area contributed by atoms with Gasteiger partial charge in [-0.3, -0.25) is 4.79 Å². The third kappa shape index (κ3) is 3.23. The molecule has 0 saturated heterocycles. The van der Waals surface area contributed by atoms with Gasteiger partial charge in [0, 0.05) is 0 Å². The minimum Gasteiger partial charge on any atom is -0.343 e. The van der Waals surface area contributed by atoms with Gasteiger partial charge in [0.1, 0.15) is 5.01 Å². The molecule has 1 heterocycles. The van der Waals surface area contributed by atoms with Crippen LogP contribution in [-0.2, 0) is 11.2 Å². The lowest BCUT2D eigenvalue weighted by Gasteiger charge is -2.15. The Kier molecular flexibility index (Phi) is 4.30. The standard InChI is InChI=1S/C18H16N2OS/c1-2-17(21)19-15(12-13-8-4-3-5-9-13)18-20-14-10-6-7-11-16(14)22-18/h2-11,15H,1,12H2,(H,19,21). The summed E-state index contributed by atoms with van der Waals surface area (Å²) >= 11 is 1.62. The molecule has 110 valence electrons. The van der Waals surface area contributed by atoms with E-state index in [4.69, 9.17) is 0 Å². The molecule has 22 heavy (non-hydrogen) atoms. The van der Waals surface area contributed by atoms with E-state index in [9.17, 15) is 4.79 Å². The zero-order chi connectivity index (χ0) is 15.4. The fourth-order valence-electron chi connectivity index (χ4n) is 2.32. The number of rotatable bonds is 5. The van der Waals surface area contributed by atoms with Gasteiger partial charge >= 0.3 is 0 Å². The van der Waals surface area contributed by atoms with E-state index in [2.05, 4.69) is 29.0 Å². The number of para-hydroxylation sites is 1. The molecule has 0 aliphatic heterocycles. The van der Waals surface area contributed by atoms with Crippen molar-refractivity contribution in [3.63, 3.8) is 0 Å². The Morgan fingerprint density at radius 3 is 2.64 bits per heavy atom. The Bertz CT molecular complexity index is 762. The first-order chi connectivity index (χ1) is 10.8. The predicted octanol–water partition coefficient (Wildman–Crippen LogP) is 3.88. The average molecular weight is 308 g/mol. The summed E-state index contributed by atoms with van der Waals surface area (Å²) in [4.78, 5) is 16.4. The summed E-state index contributed by atoms with van der Waals surface area (Å²) in [6.07, 6.45) is 2.01. The molecule has 0 spiro atoms. The fourth-order valence-corrected chi connectivity index (χ4v) is 3.34. The highest BCUT2D eigenvalue weighted by Crippen LogP contribution is 2.28. The van der Waals surface area contributed by atoms with Gasteiger partial charge in [0.2, 0.25) is 5.91 Å². The molecule has 0 aliphatic carbocycles. The van der Waals surface area contributed by atoms with Crippen LogP contribution in [-0.4, -0.2) is 10.9 Å². The minimum atomic E-state index is -0.180. The van der Waals surface area contributed by atoms with Crippen LogP contribution in [0.2, 0.25) is 0 Å². The molecule has 0 bridgehead atoms. The number of thiazole rings is 1. The monoisotopic (exact) mass is 308 g/mol. The van der Waals surface area contributed by atoms with Crippen molar-refractivity contribution in [2.24, 2.45) is 0 Å². The molecular formula is C18H16N2OS. The smallest absolute Gasteiger partial charge is 0.243 e. The first-order valence-electron chi connectivity index (χ1n) is 7.08. The molecule has 3 rings (SSSR count). The highest BCUT2D eigenvalue weighted by Gasteiger charge is 2.18. The van der Waals surface area contributed by atoms with Crippen molar-refractivity contribution in [1.29, 1.82) is 0 Å². The highest BCUT2D eigenvalue weighted by atomic mass is 32.1. The maximum Gasteiger partial charge on any atom is 0.243 e. The maximum atomic E-state index is 11.7. The van der Waals surface area contributed by atoms with Gasteiger partial charge < -0.3 is 5.32 Å². The van der Waals surface area contributed by atoms with Crippen molar-refractivity contribution in [3.8, 4) is 0 Å². The molecule has 1 unspecified atom stereocenters. The fraction of sp³-hybridized carbons (Fsp3) is 0.111. The molecule has 3 nitrogen and oxygen atoms in total. The van der Waals surface area contributed by atoms with Gasteiger partial charge in [0.15, 0.2) is 0 Å². The summed E-state index contributed by atoms with van der Waals surface area (Å²) in [5.74, 6) is -0.180. The van der Waals surface area contributed by atoms with Crippen LogP contribution in [0.4, 0.5) is 0 Å². The van der Waals surface area contributed by atoms with Gasteiger partial charge in [-0.2, -0.15) is 0 Å². The molecule has 2 aromatic carbocycles. The van der Waals surface area contributed by atoms with Crippen molar-refractivity contribution < 1.29 is 4.79 Å². The van der Waals surface area contributed by atoms with E-state index >= 15 is 0 Å². The second kappa shape index (κ2) is 6.54. The summed E-state index contributed by atoms with van der Waals surface area (Å²) < 4.78 is 1.13. The number of hydrogen-bond acceptors (Lipinski definition) is 3. The van der Waals surface area contributed by atoms with Crippen molar-refractivity contribution in [2.75, 3.05) is 0 Å². The Balaban J connectivity index is 1.93. The third-order valence-electron chi connectivity index (χ3n) is 3.39. The summed E-state index contributed by atoms with van der Waals surface area (Å²) in [6.45, 7) is 3.53. The van der Waals surface area contributed by atoms with Crippen LogP contribution in [0.15, 0.2) is 67.3 Å². The topological polar surface area (TPSA) is 42.0 Å². The number of amides is 1. The molecule has 4 heteroatoms. The van der Waals surface area contributed by atoms with Crippen molar-refractivity contribution >= 4 is 27.5 Å². The zero-order valence-electron chi connectivity index (χ0n) is 12.0. The first-order valence-corrected chi connectivity index (χ1v) is 7.90. The van der Waals surface area contributed by atoms with E-state index in [1.54, 1.807) is 11.3 Å². The molecule has 1 aromatic heterocycles. The quantitative estimate of drug-likeness (QED) is 0.727. The molecule has 0 aliphatic rings. The normalized spacial score (nSPS) is 12.0. The van der Waals surface area contributed by atoms with Gasteiger partial charge in [0.05, 0.1) is 16.3 Å². The van der Waals surface area contributed by atoms with Crippen molar-refractivity contribution in [2.45, 2.75) is 12.5 Å². The van der Waals surface area contributed by atoms with Gasteiger partial charge in [-0.05, 0) is 30.2 Å². The number of aromatic nitrogens is 1. The molecule has 0 saturated carbocycles. The number of nitrogens with zero attached hydrogens (tertiary/aromatic N) is 1. The molecular weight excluding hydrogens is 292 g/mol. The SMILES string of the molecule is C=CC(=O)NC(Cc1ccccc1)c1nc2ccccc2s1. The average Bonchev–Trinajstić information content (AvgIpc) is 2.99. The van der Waals surface area contributed by atoms with Crippen LogP contribution < -0.4 is 5.32 Å². The third-order valence-corrected chi connectivity index (χ3v) is 4.54. The van der Waals surface area contributed by atoms with Gasteiger partial charge in [-0.15, -0.1) is 11.3 Å². The number of carbonyl (C=O) groups is 1. The maximum absolute atomic E-state index is 11.7. The van der Waals surface area contributed by atoms with Crippen LogP contribution in [0, 0.1) is 0 Å². The second-order valence-corrected chi connectivity index (χ2v) is 6.04. The largest absolute Gasteiger partial charge is 0.343 e. The number of carbonyl (C=O) groups excluding carboxylic acids is 1. The summed E-state index contributed by atoms with van der Waals surface area (Å²) in [6, 6.07) is 18.0. The Labute approximate surface area is 133 Å². The number of hydrogen-bond donors (Lipinski definition) is 1. The molecule has 0 fully saturated rings. The highest BCUT2D eigenvalue weighted by molar-refractivity contribution is 7.18. The summed E-state index contributed by atoms with van der Waals surface area (Å²) in [5.41, 5.74) is 2.13. The van der Waals surface area contributed by atoms with Crippen LogP contribution in [0.5, 0.6) is 0 Å². The summed E-state index contributed by atoms with van der Waals surface area (Å²) in [5, 5.41) is 3.90. The molecule has 3 aromatic rings. The molecule has 0 radical (unpaired) electrons. The van der Waals surface area contributed by atoms with Crippen molar-refractivity contribution in [3.05, 3.63) is 77.8 Å². The Morgan fingerprint density at radius 2 is 1.91 bits per heavy atom. The van der Waals surface area contributed by atoms with Gasteiger partial charge in [-0.25, -0.2) is 4.98 Å². The molecule has 1 N–H and O–H groups in total. The van der Waals surface area contributed by atoms with Crippen LogP contribution in [0.25, 0.3) is 10.2 Å². The Hall–Kier alpha value is -2.46. The molecule has 1 atom stereocenters. The van der Waals surface area contributed by atoms with E-state index in [0.717, 1.165) is 20.8 Å². The van der Waals surface area contributed by atoms with E-state index in [-0.39, 0.29) is 11.9 Å². The zero-order valence-corrected chi connectivity index (χ0v) is 12.8. The number of benzene rings is 2. The van der Waals surface area contributed by atoms with E-state index in [1.165, 1.54) is 6.08 Å². The predicted molar refractivity (Wildman–Crippen MR) is 90.8 cm³/mol. The van der Waals surface area contributed by atoms with Crippen LogP contribution in [0.1, 0.15) is 16.6 Å². The van der Waals surface area contributed by atoms with Crippen LogP contribution >= 0.6 is 11.3 Å². The summed E-state index contributed by atoms with van der Waals surface area (Å²) in [7, 11) is 0. The lowest BCUT2D eigenvalue weighted by atomic mass is 10.1. The van der Waals surface area contributed by atoms with Crippen LogP contribution in [0.3, 0.4) is 0 Å². The van der Waals surface area contributed by atoms with Gasteiger partial charge in [-0.1, -0.05) is 49.0 Å². The Morgan fingerprint density at radius 1 is 1.18 bits per heavy atom. The minimum absolute atomic E-state index is 0.148. The lowest BCUT2D eigenvalue weighted by molar-refractivity contribution is -0.117. The van der Waals surface area contributed by atoms with E-state index in [1.807, 2.05) is 42.5 Å². The van der Waals surface area contributed by atoms with Crippen molar-refractivity contribution in [1.82, 2.24) is 10.3 Å². The van der Waals surface area contributed by atoms with E-state index < -0.39 is 0 Å². The lowest BCUT2D eigenvalue weighted by Crippen LogP contribution is -2.28. The van der Waals surface area contributed by atoms with E-state index in [0.29, 0.717) is 6.42 Å².